The summed E-state index contributed by atoms with van der Waals surface area (Å²) in [5, 5.41) is 19.3. The molecule has 4 aromatic rings. The molecule has 1 amide bonds. The van der Waals surface area contributed by atoms with Gasteiger partial charge in [0.25, 0.3) is 5.91 Å². The smallest absolute Gasteiger partial charge is 0.252 e. The van der Waals surface area contributed by atoms with Gasteiger partial charge in [-0.15, -0.1) is 0 Å². The van der Waals surface area contributed by atoms with Crippen molar-refractivity contribution in [3.8, 4) is 11.8 Å². The van der Waals surface area contributed by atoms with Crippen LogP contribution in [0.15, 0.2) is 78.9 Å². The molecule has 0 aliphatic rings. The molecule has 7 nitrogen and oxygen atoms in total. The van der Waals surface area contributed by atoms with Gasteiger partial charge < -0.3 is 10.1 Å². The topological polar surface area (TPSA) is 104 Å². The molecular formula is C25H21N5O2. The number of aromatic nitrogens is 3. The van der Waals surface area contributed by atoms with Crippen molar-refractivity contribution in [1.29, 1.82) is 5.26 Å². The second-order valence-corrected chi connectivity index (χ2v) is 7.18. The summed E-state index contributed by atoms with van der Waals surface area (Å²) < 4.78 is 5.84. The summed E-state index contributed by atoms with van der Waals surface area (Å²) in [6.07, 6.45) is 0. The number of nitriles is 1. The second kappa shape index (κ2) is 9.58. The Bertz CT molecular complexity index is 1260. The molecule has 0 spiro atoms. The van der Waals surface area contributed by atoms with E-state index in [9.17, 15) is 10.1 Å². The van der Waals surface area contributed by atoms with Gasteiger partial charge in [0, 0.05) is 11.1 Å². The normalized spacial score (nSPS) is 11.4. The van der Waals surface area contributed by atoms with Crippen LogP contribution in [0.25, 0.3) is 0 Å². The molecule has 1 aromatic heterocycles. The molecule has 7 heteroatoms. The van der Waals surface area contributed by atoms with E-state index in [0.29, 0.717) is 28.5 Å². The Labute approximate surface area is 185 Å². The number of H-pyrrole nitrogens is 1. The van der Waals surface area contributed by atoms with Gasteiger partial charge >= 0.3 is 0 Å². The number of carbonyl (C=O) groups is 1. The van der Waals surface area contributed by atoms with Crippen LogP contribution in [0.1, 0.15) is 44.7 Å². The summed E-state index contributed by atoms with van der Waals surface area (Å²) in [4.78, 5) is 17.5. The van der Waals surface area contributed by atoms with Crippen LogP contribution in [0.2, 0.25) is 0 Å². The number of hydrogen-bond donors (Lipinski definition) is 2. The molecule has 1 heterocycles. The van der Waals surface area contributed by atoms with Crippen molar-refractivity contribution >= 4 is 5.91 Å². The first-order chi connectivity index (χ1) is 15.6. The van der Waals surface area contributed by atoms with E-state index in [2.05, 4.69) is 26.6 Å². The minimum absolute atomic E-state index is 0.234. The van der Waals surface area contributed by atoms with Crippen molar-refractivity contribution in [3.63, 3.8) is 0 Å². The van der Waals surface area contributed by atoms with E-state index in [4.69, 9.17) is 4.74 Å². The predicted molar refractivity (Wildman–Crippen MR) is 119 cm³/mol. The molecule has 0 fully saturated rings. The molecule has 32 heavy (non-hydrogen) atoms. The first-order valence-electron chi connectivity index (χ1n) is 10.1. The van der Waals surface area contributed by atoms with Crippen molar-refractivity contribution in [1.82, 2.24) is 20.5 Å². The Hall–Kier alpha value is -4.44. The lowest BCUT2D eigenvalue weighted by Crippen LogP contribution is -2.30. The lowest BCUT2D eigenvalue weighted by atomic mass is 10.1. The third-order valence-corrected chi connectivity index (χ3v) is 4.91. The number of ether oxygens (including phenoxy) is 1. The fraction of sp³-hybridized carbons (Fsp3) is 0.120. The lowest BCUT2D eigenvalue weighted by Gasteiger charge is -2.17. The third-order valence-electron chi connectivity index (χ3n) is 4.91. The van der Waals surface area contributed by atoms with Crippen molar-refractivity contribution in [2.24, 2.45) is 0 Å². The zero-order chi connectivity index (χ0) is 22.3. The number of benzene rings is 3. The molecule has 1 atom stereocenters. The van der Waals surface area contributed by atoms with Crippen LogP contribution in [0.5, 0.6) is 5.75 Å². The Kier molecular flexibility index (Phi) is 6.23. The number of carbonyl (C=O) groups excluding carboxylic acids is 1. The van der Waals surface area contributed by atoms with Crippen LogP contribution in [0.4, 0.5) is 0 Å². The predicted octanol–water partition coefficient (Wildman–Crippen LogP) is 4.08. The van der Waals surface area contributed by atoms with Crippen LogP contribution in [-0.4, -0.2) is 21.1 Å². The van der Waals surface area contributed by atoms with E-state index < -0.39 is 6.04 Å². The standard InChI is InChI=1S/C25H21N5O2/c1-17-27-24(30-29-17)23(18-8-3-2-4-9-18)28-25(31)19-12-7-13-22(14-19)32-16-21-11-6-5-10-20(21)15-26/h2-14,23H,16H2,1H3,(H,28,31)(H,27,29,30). The molecule has 0 aliphatic heterocycles. The monoisotopic (exact) mass is 423 g/mol. The highest BCUT2D eigenvalue weighted by atomic mass is 16.5. The van der Waals surface area contributed by atoms with Crippen LogP contribution in [-0.2, 0) is 6.61 Å². The summed E-state index contributed by atoms with van der Waals surface area (Å²) in [7, 11) is 0. The Morgan fingerprint density at radius 2 is 1.88 bits per heavy atom. The Morgan fingerprint density at radius 1 is 1.09 bits per heavy atom. The zero-order valence-corrected chi connectivity index (χ0v) is 17.4. The van der Waals surface area contributed by atoms with E-state index >= 15 is 0 Å². The summed E-state index contributed by atoms with van der Waals surface area (Å²) in [6.45, 7) is 2.05. The Balaban J connectivity index is 1.52. The molecule has 0 aliphatic carbocycles. The van der Waals surface area contributed by atoms with Crippen molar-refractivity contribution in [3.05, 3.63) is 113 Å². The van der Waals surface area contributed by atoms with E-state index in [-0.39, 0.29) is 12.5 Å². The second-order valence-electron chi connectivity index (χ2n) is 7.18. The Morgan fingerprint density at radius 3 is 2.62 bits per heavy atom. The zero-order valence-electron chi connectivity index (χ0n) is 17.4. The van der Waals surface area contributed by atoms with Gasteiger partial charge in [-0.25, -0.2) is 4.98 Å². The third kappa shape index (κ3) is 4.82. The highest BCUT2D eigenvalue weighted by Gasteiger charge is 2.21. The van der Waals surface area contributed by atoms with E-state index in [1.165, 1.54) is 0 Å². The average Bonchev–Trinajstić information content (AvgIpc) is 3.27. The summed E-state index contributed by atoms with van der Waals surface area (Å²) >= 11 is 0. The maximum Gasteiger partial charge on any atom is 0.252 e. The van der Waals surface area contributed by atoms with Crippen LogP contribution >= 0.6 is 0 Å². The number of aromatic amines is 1. The average molecular weight is 423 g/mol. The molecule has 0 bridgehead atoms. The van der Waals surface area contributed by atoms with Gasteiger partial charge in [0.05, 0.1) is 11.6 Å². The van der Waals surface area contributed by atoms with Gasteiger partial charge in [0.15, 0.2) is 5.82 Å². The molecule has 0 radical (unpaired) electrons. The fourth-order valence-electron chi connectivity index (χ4n) is 3.29. The molecular weight excluding hydrogens is 402 g/mol. The number of rotatable bonds is 7. The summed E-state index contributed by atoms with van der Waals surface area (Å²) in [5.74, 6) is 1.42. The first-order valence-corrected chi connectivity index (χ1v) is 10.1. The molecule has 158 valence electrons. The SMILES string of the molecule is Cc1nc(C(NC(=O)c2cccc(OCc3ccccc3C#N)c2)c2ccccc2)n[nH]1. The van der Waals surface area contributed by atoms with E-state index in [0.717, 1.165) is 11.1 Å². The maximum absolute atomic E-state index is 13.1. The molecule has 1 unspecified atom stereocenters. The van der Waals surface area contributed by atoms with Crippen LogP contribution in [0.3, 0.4) is 0 Å². The minimum Gasteiger partial charge on any atom is -0.489 e. The molecule has 0 saturated carbocycles. The fourth-order valence-corrected chi connectivity index (χ4v) is 3.29. The summed E-state index contributed by atoms with van der Waals surface area (Å²) in [6, 6.07) is 25.4. The van der Waals surface area contributed by atoms with Crippen LogP contribution in [0, 0.1) is 18.3 Å². The van der Waals surface area contributed by atoms with Gasteiger partial charge in [0.2, 0.25) is 0 Å². The van der Waals surface area contributed by atoms with Gasteiger partial charge in [-0.05, 0) is 36.8 Å². The van der Waals surface area contributed by atoms with E-state index in [1.54, 1.807) is 30.3 Å². The van der Waals surface area contributed by atoms with Gasteiger partial charge in [-0.3, -0.25) is 9.89 Å². The highest BCUT2D eigenvalue weighted by molar-refractivity contribution is 5.95. The first kappa shape index (κ1) is 20.8. The quantitative estimate of drug-likeness (QED) is 0.466. The van der Waals surface area contributed by atoms with Gasteiger partial charge in [-0.1, -0.05) is 54.6 Å². The number of nitrogens with one attached hydrogen (secondary N) is 2. The molecule has 3 aromatic carbocycles. The number of amides is 1. The molecule has 2 N–H and O–H groups in total. The number of hydrogen-bond acceptors (Lipinski definition) is 5. The molecule has 0 saturated heterocycles. The number of aryl methyl sites for hydroxylation is 1. The number of nitrogens with zero attached hydrogens (tertiary/aromatic N) is 3. The van der Waals surface area contributed by atoms with E-state index in [1.807, 2.05) is 55.5 Å². The summed E-state index contributed by atoms with van der Waals surface area (Å²) in [5.41, 5.74) is 2.67. The van der Waals surface area contributed by atoms with Gasteiger partial charge in [-0.2, -0.15) is 10.4 Å². The van der Waals surface area contributed by atoms with Crippen molar-refractivity contribution in [2.75, 3.05) is 0 Å². The molecule has 4 rings (SSSR count). The minimum atomic E-state index is -0.499. The van der Waals surface area contributed by atoms with Crippen LogP contribution < -0.4 is 10.1 Å². The van der Waals surface area contributed by atoms with Gasteiger partial charge in [0.1, 0.15) is 24.2 Å². The largest absolute Gasteiger partial charge is 0.489 e. The highest BCUT2D eigenvalue weighted by Crippen LogP contribution is 2.21. The lowest BCUT2D eigenvalue weighted by molar-refractivity contribution is 0.0941. The van der Waals surface area contributed by atoms with Crippen molar-refractivity contribution < 1.29 is 9.53 Å². The maximum atomic E-state index is 13.1. The van der Waals surface area contributed by atoms with Crippen molar-refractivity contribution in [2.45, 2.75) is 19.6 Å².